The average molecular weight is 462 g/mol. The fourth-order valence-corrected chi connectivity index (χ4v) is 8.60. The number of oxime groups is 1. The van der Waals surface area contributed by atoms with Gasteiger partial charge in [0.05, 0.1) is 6.21 Å². The molecule has 1 aliphatic rings. The van der Waals surface area contributed by atoms with Gasteiger partial charge in [-0.05, 0) is 20.8 Å². The van der Waals surface area contributed by atoms with Crippen molar-refractivity contribution in [3.8, 4) is 0 Å². The van der Waals surface area contributed by atoms with Crippen molar-refractivity contribution < 1.29 is 23.3 Å². The van der Waals surface area contributed by atoms with Crippen LogP contribution in [-0.4, -0.2) is 56.9 Å². The zero-order valence-electron chi connectivity index (χ0n) is 19.6. The summed E-state index contributed by atoms with van der Waals surface area (Å²) in [7, 11) is -3.31. The van der Waals surface area contributed by atoms with Gasteiger partial charge < -0.3 is 14.3 Å². The zero-order chi connectivity index (χ0) is 24.2. The number of rotatable bonds is 8. The molecule has 0 radical (unpaired) electrons. The Kier molecular flexibility index (Phi) is 7.77. The number of hydrogen-bond acceptors (Lipinski definition) is 5. The number of nitrogens with zero attached hydrogens (tertiary/aromatic N) is 2. The van der Waals surface area contributed by atoms with Gasteiger partial charge >= 0.3 is 0 Å². The van der Waals surface area contributed by atoms with E-state index in [9.17, 15) is 14.4 Å². The summed E-state index contributed by atoms with van der Waals surface area (Å²) in [6.07, 6.45) is 3.84. The molecule has 0 aliphatic carbocycles. The maximum Gasteiger partial charge on any atom is 0.288 e. The monoisotopic (exact) mass is 461 g/mol. The van der Waals surface area contributed by atoms with E-state index in [1.165, 1.54) is 18.4 Å². The molecule has 0 saturated carbocycles. The second-order valence-corrected chi connectivity index (χ2v) is 14.7. The summed E-state index contributed by atoms with van der Waals surface area (Å²) in [5, 5.41) is 6.16. The van der Waals surface area contributed by atoms with Crippen molar-refractivity contribution in [2.24, 2.45) is 5.16 Å². The number of amides is 3. The number of hydrogen-bond donors (Lipinski definition) is 1. The third-order valence-electron chi connectivity index (χ3n) is 5.41. The fraction of sp³-hybridized carbons (Fsp3) is 0.478. The Labute approximate surface area is 189 Å². The molecule has 1 aliphatic heterocycles. The molecule has 0 saturated heterocycles. The van der Waals surface area contributed by atoms with E-state index < -0.39 is 36.2 Å². The van der Waals surface area contributed by atoms with Crippen molar-refractivity contribution in [3.63, 3.8) is 0 Å². The molecule has 1 heterocycles. The van der Waals surface area contributed by atoms with Crippen LogP contribution < -0.4 is 10.5 Å². The van der Waals surface area contributed by atoms with Crippen LogP contribution in [0.2, 0.25) is 10.1 Å². The maximum atomic E-state index is 16.3. The molecule has 0 aromatic heterocycles. The second-order valence-electron chi connectivity index (χ2n) is 9.80. The van der Waals surface area contributed by atoms with Gasteiger partial charge in [0.25, 0.3) is 26.1 Å². The highest BCUT2D eigenvalue weighted by molar-refractivity contribution is 6.90. The van der Waals surface area contributed by atoms with Gasteiger partial charge in [0.2, 0.25) is 0 Å². The molecule has 2 rings (SSSR count). The summed E-state index contributed by atoms with van der Waals surface area (Å²) in [6, 6.07) is 7.21. The molecule has 1 aromatic carbocycles. The highest BCUT2D eigenvalue weighted by Crippen LogP contribution is 2.51. The molecule has 0 bridgehead atoms. The molecule has 3 amide bonds. The van der Waals surface area contributed by atoms with Crippen LogP contribution in [0.15, 0.2) is 41.6 Å². The Hall–Kier alpha value is -2.81. The van der Waals surface area contributed by atoms with Crippen LogP contribution in [0.4, 0.5) is 4.11 Å². The fourth-order valence-electron chi connectivity index (χ4n) is 3.99. The number of nitrogens with one attached hydrogen (secondary N) is 1. The summed E-state index contributed by atoms with van der Waals surface area (Å²) in [5.41, 5.74) is 0.729. The largest absolute Gasteiger partial charge is 0.386 e. The first-order valence-corrected chi connectivity index (χ1v) is 12.4. The maximum absolute atomic E-state index is 16.3. The van der Waals surface area contributed by atoms with Crippen molar-refractivity contribution in [1.82, 2.24) is 10.2 Å². The minimum Gasteiger partial charge on any atom is -0.386 e. The minimum atomic E-state index is -3.31. The molecule has 0 fully saturated rings. The smallest absolute Gasteiger partial charge is 0.288 e. The molecule has 1 N–H and O–H groups in total. The van der Waals surface area contributed by atoms with Crippen molar-refractivity contribution in [1.29, 1.82) is 0 Å². The lowest BCUT2D eigenvalue weighted by atomic mass is 10.2. The van der Waals surface area contributed by atoms with Gasteiger partial charge in [0, 0.05) is 25.2 Å². The van der Waals surface area contributed by atoms with E-state index in [1.54, 1.807) is 12.1 Å². The van der Waals surface area contributed by atoms with Crippen LogP contribution in [0.25, 0.3) is 0 Å². The second kappa shape index (κ2) is 9.77. The Morgan fingerprint density at radius 3 is 2.09 bits per heavy atom. The third-order valence-corrected chi connectivity index (χ3v) is 10.7. The van der Waals surface area contributed by atoms with E-state index in [0.717, 1.165) is 15.7 Å². The first kappa shape index (κ1) is 25.4. The normalized spacial score (nSPS) is 15.0. The summed E-state index contributed by atoms with van der Waals surface area (Å²) < 4.78 is 16.3. The molecule has 32 heavy (non-hydrogen) atoms. The van der Waals surface area contributed by atoms with Gasteiger partial charge in [-0.3, -0.25) is 19.3 Å². The highest BCUT2D eigenvalue weighted by atomic mass is 28.4. The van der Waals surface area contributed by atoms with Crippen molar-refractivity contribution in [2.75, 3.05) is 19.7 Å². The Morgan fingerprint density at radius 1 is 1.06 bits per heavy atom. The van der Waals surface area contributed by atoms with E-state index in [2.05, 4.69) is 10.5 Å². The van der Waals surface area contributed by atoms with Crippen LogP contribution >= 0.6 is 0 Å². The first-order valence-electron chi connectivity index (χ1n) is 10.5. The number of carbonyl (C=O) groups excluding carboxylic acids is 3. The molecular formula is C23H32FN3O4Si. The van der Waals surface area contributed by atoms with Crippen molar-refractivity contribution >= 4 is 37.5 Å². The van der Waals surface area contributed by atoms with Gasteiger partial charge in [-0.2, -0.15) is 0 Å². The van der Waals surface area contributed by atoms with E-state index in [4.69, 9.17) is 4.84 Å². The SMILES string of the molecule is CC(C)(C)[Si](F)(c1ccc(/C=N/OCC(=O)NCCN2C(=O)C=CC2=O)cc1)C(C)(C)C. The number of imide groups is 1. The molecular weight excluding hydrogens is 429 g/mol. The molecule has 174 valence electrons. The van der Waals surface area contributed by atoms with Gasteiger partial charge in [-0.25, -0.2) is 0 Å². The quantitative estimate of drug-likeness (QED) is 0.212. The van der Waals surface area contributed by atoms with Gasteiger partial charge in [0.1, 0.15) is 0 Å². The predicted octanol–water partition coefficient (Wildman–Crippen LogP) is 2.80. The van der Waals surface area contributed by atoms with Crippen molar-refractivity contribution in [3.05, 3.63) is 42.0 Å². The number of halogens is 1. The molecule has 0 spiro atoms. The number of benzene rings is 1. The Balaban J connectivity index is 1.85. The first-order chi connectivity index (χ1) is 14.8. The van der Waals surface area contributed by atoms with Gasteiger partial charge in [-0.1, -0.05) is 71.0 Å². The average Bonchev–Trinajstić information content (AvgIpc) is 3.01. The summed E-state index contributed by atoms with van der Waals surface area (Å²) in [4.78, 5) is 40.7. The minimum absolute atomic E-state index is 0.0918. The highest BCUT2D eigenvalue weighted by Gasteiger charge is 2.56. The molecule has 1 aromatic rings. The lowest BCUT2D eigenvalue weighted by Gasteiger charge is -2.44. The van der Waals surface area contributed by atoms with Crippen LogP contribution in [0, 0.1) is 0 Å². The van der Waals surface area contributed by atoms with E-state index in [1.807, 2.05) is 53.7 Å². The Morgan fingerprint density at radius 2 is 1.59 bits per heavy atom. The van der Waals surface area contributed by atoms with E-state index in [-0.39, 0.29) is 19.7 Å². The summed E-state index contributed by atoms with van der Waals surface area (Å²) >= 11 is 0. The molecule has 0 atom stereocenters. The van der Waals surface area contributed by atoms with E-state index in [0.29, 0.717) is 0 Å². The van der Waals surface area contributed by atoms with Crippen LogP contribution in [0.5, 0.6) is 0 Å². The lowest BCUT2D eigenvalue weighted by molar-refractivity contribution is -0.137. The lowest BCUT2D eigenvalue weighted by Crippen LogP contribution is -2.57. The molecule has 9 heteroatoms. The zero-order valence-corrected chi connectivity index (χ0v) is 20.6. The Bertz CT molecular complexity index is 883. The van der Waals surface area contributed by atoms with E-state index >= 15 is 4.11 Å². The van der Waals surface area contributed by atoms with Crippen molar-refractivity contribution in [2.45, 2.75) is 51.6 Å². The van der Waals surface area contributed by atoms with Crippen LogP contribution in [0.3, 0.4) is 0 Å². The van der Waals surface area contributed by atoms with Crippen LogP contribution in [-0.2, 0) is 19.2 Å². The molecule has 7 nitrogen and oxygen atoms in total. The predicted molar refractivity (Wildman–Crippen MR) is 125 cm³/mol. The third kappa shape index (κ3) is 5.70. The van der Waals surface area contributed by atoms with Crippen LogP contribution in [0.1, 0.15) is 47.1 Å². The summed E-state index contributed by atoms with van der Waals surface area (Å²) in [5.74, 6) is -1.21. The number of carbonyl (C=O) groups is 3. The standard InChI is InChI=1S/C23H32FN3O4Si/c1-22(2,3)32(24,23(4,5)6)18-9-7-17(8-10-18)15-26-31-16-19(28)25-13-14-27-20(29)11-12-21(27)30/h7-12,15H,13-14,16H2,1-6H3,(H,25,28)/b26-15+. The molecule has 0 unspecified atom stereocenters. The topological polar surface area (TPSA) is 88.1 Å². The van der Waals surface area contributed by atoms with Gasteiger partial charge in [-0.15, -0.1) is 0 Å². The summed E-state index contributed by atoms with van der Waals surface area (Å²) in [6.45, 7) is 11.6. The van der Waals surface area contributed by atoms with Gasteiger partial charge in [0.15, 0.2) is 6.61 Å².